The van der Waals surface area contributed by atoms with E-state index < -0.39 is 15.8 Å². The normalized spacial score (nSPS) is 11.4. The van der Waals surface area contributed by atoms with E-state index in [0.29, 0.717) is 18.4 Å². The molecule has 1 aromatic rings. The van der Waals surface area contributed by atoms with Gasteiger partial charge in [-0.25, -0.2) is 8.42 Å². The van der Waals surface area contributed by atoms with Gasteiger partial charge in [0, 0.05) is 6.61 Å². The second-order valence-electron chi connectivity index (χ2n) is 4.67. The molecule has 2 N–H and O–H groups in total. The zero-order valence-corrected chi connectivity index (χ0v) is 12.1. The monoisotopic (exact) mass is 300 g/mol. The number of aliphatic hydroxyl groups is 1. The van der Waals surface area contributed by atoms with Gasteiger partial charge in [-0.1, -0.05) is 25.0 Å². The Hall–Kier alpha value is -1.40. The van der Waals surface area contributed by atoms with Crippen LogP contribution in [0.25, 0.3) is 0 Å². The lowest BCUT2D eigenvalue weighted by molar-refractivity contribution is -0.136. The Bertz CT molecular complexity index is 519. The average Bonchev–Trinajstić information content (AvgIpc) is 2.38. The van der Waals surface area contributed by atoms with Crippen LogP contribution in [-0.4, -0.2) is 37.0 Å². The fraction of sp³-hybridized carbons (Fsp3) is 0.500. The molecule has 0 heterocycles. The van der Waals surface area contributed by atoms with Gasteiger partial charge in [-0.15, -0.1) is 0 Å². The fourth-order valence-corrected chi connectivity index (χ4v) is 3.24. The Labute approximate surface area is 119 Å². The van der Waals surface area contributed by atoms with Crippen LogP contribution in [0.4, 0.5) is 0 Å². The Morgan fingerprint density at radius 2 is 1.60 bits per heavy atom. The molecule has 0 aliphatic carbocycles. The van der Waals surface area contributed by atoms with Crippen LogP contribution in [0.3, 0.4) is 0 Å². The third-order valence-corrected chi connectivity index (χ3v) is 4.78. The lowest BCUT2D eigenvalue weighted by Gasteiger charge is -2.05. The number of carboxylic acid groups (broad SMARTS) is 1. The molecule has 0 unspecified atom stereocenters. The molecular weight excluding hydrogens is 280 g/mol. The summed E-state index contributed by atoms with van der Waals surface area (Å²) in [4.78, 5) is 10.8. The minimum atomic E-state index is -3.30. The van der Waals surface area contributed by atoms with Gasteiger partial charge in [0.05, 0.1) is 17.1 Å². The van der Waals surface area contributed by atoms with Crippen molar-refractivity contribution in [3.63, 3.8) is 0 Å². The van der Waals surface area contributed by atoms with Gasteiger partial charge in [0.15, 0.2) is 9.84 Å². The van der Waals surface area contributed by atoms with Crippen molar-refractivity contribution in [2.24, 2.45) is 0 Å². The second-order valence-corrected chi connectivity index (χ2v) is 6.78. The van der Waals surface area contributed by atoms with Gasteiger partial charge in [-0.05, 0) is 30.5 Å². The molecule has 0 aliphatic heterocycles. The highest BCUT2D eigenvalue weighted by Crippen LogP contribution is 2.15. The Morgan fingerprint density at radius 1 is 1.00 bits per heavy atom. The highest BCUT2D eigenvalue weighted by atomic mass is 32.2. The number of sulfone groups is 1. The molecule has 0 fully saturated rings. The maximum Gasteiger partial charge on any atom is 0.307 e. The summed E-state index contributed by atoms with van der Waals surface area (Å²) in [7, 11) is -3.30. The van der Waals surface area contributed by atoms with E-state index >= 15 is 0 Å². The quantitative estimate of drug-likeness (QED) is 0.676. The molecule has 0 aromatic heterocycles. The molecule has 0 spiro atoms. The zero-order chi connectivity index (χ0) is 15.0. The molecule has 0 atom stereocenters. The SMILES string of the molecule is O=C(O)Cc1ccc(S(=O)(=O)CCCCCCO)cc1. The minimum Gasteiger partial charge on any atom is -0.481 e. The molecule has 0 radical (unpaired) electrons. The Morgan fingerprint density at radius 3 is 2.15 bits per heavy atom. The predicted molar refractivity (Wildman–Crippen MR) is 75.4 cm³/mol. The molecular formula is C14H20O5S. The number of unbranched alkanes of at least 4 members (excludes halogenated alkanes) is 3. The highest BCUT2D eigenvalue weighted by molar-refractivity contribution is 7.91. The molecule has 0 saturated carbocycles. The number of hydrogen-bond donors (Lipinski definition) is 2. The average molecular weight is 300 g/mol. The van der Waals surface area contributed by atoms with E-state index in [4.69, 9.17) is 10.2 Å². The third kappa shape index (κ3) is 5.71. The second kappa shape index (κ2) is 8.01. The van der Waals surface area contributed by atoms with Gasteiger partial charge in [0.2, 0.25) is 0 Å². The number of rotatable bonds is 9. The summed E-state index contributed by atoms with van der Waals surface area (Å²) in [6.45, 7) is 0.137. The molecule has 20 heavy (non-hydrogen) atoms. The van der Waals surface area contributed by atoms with Crippen LogP contribution in [-0.2, 0) is 21.1 Å². The van der Waals surface area contributed by atoms with Gasteiger partial charge in [0.1, 0.15) is 0 Å². The van der Waals surface area contributed by atoms with Gasteiger partial charge in [-0.2, -0.15) is 0 Å². The fourth-order valence-electron chi connectivity index (χ4n) is 1.86. The molecule has 5 nitrogen and oxygen atoms in total. The van der Waals surface area contributed by atoms with Gasteiger partial charge < -0.3 is 10.2 Å². The first-order valence-electron chi connectivity index (χ1n) is 6.60. The smallest absolute Gasteiger partial charge is 0.307 e. The first-order valence-corrected chi connectivity index (χ1v) is 8.25. The summed E-state index contributed by atoms with van der Waals surface area (Å²) in [5, 5.41) is 17.3. The van der Waals surface area contributed by atoms with Gasteiger partial charge in [-0.3, -0.25) is 4.79 Å². The van der Waals surface area contributed by atoms with Crippen molar-refractivity contribution in [1.29, 1.82) is 0 Å². The van der Waals surface area contributed by atoms with Crippen LogP contribution in [0.5, 0.6) is 0 Å². The van der Waals surface area contributed by atoms with Crippen LogP contribution in [0.15, 0.2) is 29.2 Å². The van der Waals surface area contributed by atoms with E-state index in [1.54, 1.807) is 0 Å². The van der Waals surface area contributed by atoms with Crippen LogP contribution < -0.4 is 0 Å². The topological polar surface area (TPSA) is 91.7 Å². The van der Waals surface area contributed by atoms with Crippen molar-refractivity contribution < 1.29 is 23.4 Å². The molecule has 0 saturated heterocycles. The molecule has 6 heteroatoms. The Balaban J connectivity index is 2.56. The van der Waals surface area contributed by atoms with E-state index in [0.717, 1.165) is 12.8 Å². The summed E-state index contributed by atoms with van der Waals surface area (Å²) >= 11 is 0. The first-order chi connectivity index (χ1) is 9.45. The van der Waals surface area contributed by atoms with E-state index in [9.17, 15) is 13.2 Å². The summed E-state index contributed by atoms with van der Waals surface area (Å²) in [5.41, 5.74) is 0.583. The van der Waals surface area contributed by atoms with Crippen molar-refractivity contribution in [1.82, 2.24) is 0 Å². The molecule has 0 aliphatic rings. The van der Waals surface area contributed by atoms with Gasteiger partial charge in [0.25, 0.3) is 0 Å². The molecule has 0 amide bonds. The van der Waals surface area contributed by atoms with Crippen LogP contribution in [0.2, 0.25) is 0 Å². The van der Waals surface area contributed by atoms with E-state index in [-0.39, 0.29) is 23.7 Å². The summed E-state index contributed by atoms with van der Waals surface area (Å²) in [6, 6.07) is 5.99. The molecule has 1 rings (SSSR count). The Kier molecular flexibility index (Phi) is 6.67. The van der Waals surface area contributed by atoms with Crippen LogP contribution >= 0.6 is 0 Å². The van der Waals surface area contributed by atoms with Crippen LogP contribution in [0, 0.1) is 0 Å². The van der Waals surface area contributed by atoms with E-state index in [2.05, 4.69) is 0 Å². The van der Waals surface area contributed by atoms with E-state index in [1.165, 1.54) is 24.3 Å². The zero-order valence-electron chi connectivity index (χ0n) is 11.3. The summed E-state index contributed by atoms with van der Waals surface area (Å²) in [5.74, 6) is -0.860. The summed E-state index contributed by atoms with van der Waals surface area (Å²) < 4.78 is 24.1. The number of carboxylic acids is 1. The molecule has 0 bridgehead atoms. The first kappa shape index (κ1) is 16.7. The number of carbonyl (C=O) groups is 1. The lowest BCUT2D eigenvalue weighted by atomic mass is 10.2. The number of aliphatic hydroxyl groups excluding tert-OH is 1. The van der Waals surface area contributed by atoms with E-state index in [1.807, 2.05) is 0 Å². The summed E-state index contributed by atoms with van der Waals surface area (Å²) in [6.07, 6.45) is 2.76. The number of benzene rings is 1. The lowest BCUT2D eigenvalue weighted by Crippen LogP contribution is -2.07. The third-order valence-electron chi connectivity index (χ3n) is 2.96. The van der Waals surface area contributed by atoms with Crippen molar-refractivity contribution in [3.8, 4) is 0 Å². The van der Waals surface area contributed by atoms with Crippen molar-refractivity contribution in [2.45, 2.75) is 37.0 Å². The minimum absolute atomic E-state index is 0.0801. The maximum atomic E-state index is 12.0. The largest absolute Gasteiger partial charge is 0.481 e. The highest BCUT2D eigenvalue weighted by Gasteiger charge is 2.14. The van der Waals surface area contributed by atoms with Crippen molar-refractivity contribution in [3.05, 3.63) is 29.8 Å². The van der Waals surface area contributed by atoms with Crippen molar-refractivity contribution >= 4 is 15.8 Å². The maximum absolute atomic E-state index is 12.0. The van der Waals surface area contributed by atoms with Gasteiger partial charge >= 0.3 is 5.97 Å². The molecule has 1 aromatic carbocycles. The predicted octanol–water partition coefficient (Wildman–Crippen LogP) is 1.64. The van der Waals surface area contributed by atoms with Crippen molar-refractivity contribution in [2.75, 3.05) is 12.4 Å². The van der Waals surface area contributed by atoms with Crippen LogP contribution in [0.1, 0.15) is 31.2 Å². The number of aliphatic carboxylic acids is 1. The standard InChI is InChI=1S/C14H20O5S/c15-9-3-1-2-4-10-20(18,19)13-7-5-12(6-8-13)11-14(16)17/h5-8,15H,1-4,9-11H2,(H,16,17). The number of hydrogen-bond acceptors (Lipinski definition) is 4. The molecule has 112 valence electrons.